The standard InChI is InChI=1S/C17H18S2/c1-18-17(19-2)15(13-9-5-3-6-10-13)16(17)14-11-7-4-8-12-14/h3-12,15-16H,1-2H3/t15-,16-/m1/s1. The molecule has 0 heterocycles. The Morgan fingerprint density at radius 1 is 0.684 bits per heavy atom. The van der Waals surface area contributed by atoms with Crippen molar-refractivity contribution in [2.45, 2.75) is 15.9 Å². The third-order valence-electron chi connectivity index (χ3n) is 4.05. The summed E-state index contributed by atoms with van der Waals surface area (Å²) in [5.41, 5.74) is 2.94. The molecule has 1 saturated carbocycles. The molecule has 0 aromatic heterocycles. The average Bonchev–Trinajstić information content (AvgIpc) is 3.18. The first kappa shape index (κ1) is 13.1. The van der Waals surface area contributed by atoms with Crippen molar-refractivity contribution in [3.63, 3.8) is 0 Å². The molecule has 1 aliphatic carbocycles. The highest BCUT2D eigenvalue weighted by Crippen LogP contribution is 2.74. The zero-order chi connectivity index (χ0) is 13.3. The number of rotatable bonds is 4. The zero-order valence-corrected chi connectivity index (χ0v) is 12.9. The number of benzene rings is 2. The van der Waals surface area contributed by atoms with E-state index in [-0.39, 0.29) is 0 Å². The highest BCUT2D eigenvalue weighted by Gasteiger charge is 2.65. The van der Waals surface area contributed by atoms with Crippen LogP contribution in [0.4, 0.5) is 0 Å². The van der Waals surface area contributed by atoms with Crippen LogP contribution < -0.4 is 0 Å². The van der Waals surface area contributed by atoms with Crippen LogP contribution in [-0.4, -0.2) is 16.6 Å². The molecular formula is C17H18S2. The van der Waals surface area contributed by atoms with E-state index in [4.69, 9.17) is 0 Å². The second-order valence-corrected chi connectivity index (χ2v) is 7.33. The van der Waals surface area contributed by atoms with Crippen LogP contribution >= 0.6 is 23.5 Å². The van der Waals surface area contributed by atoms with Crippen LogP contribution in [0.15, 0.2) is 60.7 Å². The van der Waals surface area contributed by atoms with Gasteiger partial charge in [0.05, 0.1) is 4.08 Å². The molecule has 0 spiro atoms. The molecule has 2 aromatic carbocycles. The smallest absolute Gasteiger partial charge is 0.0755 e. The molecule has 0 N–H and O–H groups in total. The summed E-state index contributed by atoms with van der Waals surface area (Å²) in [4.78, 5) is 0. The topological polar surface area (TPSA) is 0 Å². The fraction of sp³-hybridized carbons (Fsp3) is 0.294. The van der Waals surface area contributed by atoms with Crippen LogP contribution in [-0.2, 0) is 0 Å². The van der Waals surface area contributed by atoms with E-state index in [9.17, 15) is 0 Å². The van der Waals surface area contributed by atoms with Gasteiger partial charge in [0.1, 0.15) is 0 Å². The van der Waals surface area contributed by atoms with Gasteiger partial charge in [-0.05, 0) is 23.6 Å². The van der Waals surface area contributed by atoms with Crippen LogP contribution in [0.25, 0.3) is 0 Å². The van der Waals surface area contributed by atoms with Crippen molar-refractivity contribution in [1.82, 2.24) is 0 Å². The van der Waals surface area contributed by atoms with Gasteiger partial charge in [0.25, 0.3) is 0 Å². The largest absolute Gasteiger partial charge is 0.146 e. The summed E-state index contributed by atoms with van der Waals surface area (Å²) >= 11 is 4.01. The van der Waals surface area contributed by atoms with Crippen molar-refractivity contribution in [2.75, 3.05) is 12.5 Å². The molecule has 19 heavy (non-hydrogen) atoms. The van der Waals surface area contributed by atoms with Crippen molar-refractivity contribution in [2.24, 2.45) is 0 Å². The lowest BCUT2D eigenvalue weighted by Crippen LogP contribution is -2.00. The van der Waals surface area contributed by atoms with E-state index in [0.29, 0.717) is 15.9 Å². The zero-order valence-electron chi connectivity index (χ0n) is 11.2. The predicted octanol–water partition coefficient (Wildman–Crippen LogP) is 4.99. The molecule has 1 fully saturated rings. The average molecular weight is 286 g/mol. The lowest BCUT2D eigenvalue weighted by atomic mass is 10.0. The second-order valence-electron chi connectivity index (χ2n) is 4.91. The van der Waals surface area contributed by atoms with Crippen LogP contribution in [0.2, 0.25) is 0 Å². The highest BCUT2D eigenvalue weighted by atomic mass is 32.2. The lowest BCUT2D eigenvalue weighted by Gasteiger charge is -2.12. The molecule has 2 atom stereocenters. The summed E-state index contributed by atoms with van der Waals surface area (Å²) in [6, 6.07) is 21.9. The summed E-state index contributed by atoms with van der Waals surface area (Å²) in [5, 5.41) is 0. The van der Waals surface area contributed by atoms with Gasteiger partial charge in [-0.15, -0.1) is 23.5 Å². The molecule has 98 valence electrons. The minimum Gasteiger partial charge on any atom is -0.146 e. The predicted molar refractivity (Wildman–Crippen MR) is 88.1 cm³/mol. The van der Waals surface area contributed by atoms with Gasteiger partial charge in [-0.25, -0.2) is 0 Å². The molecule has 0 radical (unpaired) electrons. The monoisotopic (exact) mass is 286 g/mol. The minimum absolute atomic E-state index is 0.308. The SMILES string of the molecule is CSC1(SC)[C@H](c2ccccc2)[C@H]1c1ccccc1. The fourth-order valence-corrected chi connectivity index (χ4v) is 5.74. The first-order valence-electron chi connectivity index (χ1n) is 6.53. The molecule has 0 unspecified atom stereocenters. The lowest BCUT2D eigenvalue weighted by molar-refractivity contribution is 1.03. The molecule has 2 aromatic rings. The Morgan fingerprint density at radius 2 is 1.05 bits per heavy atom. The maximum atomic E-state index is 2.27. The first-order chi connectivity index (χ1) is 9.33. The Balaban J connectivity index is 2.00. The van der Waals surface area contributed by atoms with Crippen molar-refractivity contribution in [1.29, 1.82) is 0 Å². The molecule has 0 aliphatic heterocycles. The maximum absolute atomic E-state index is 2.27. The Kier molecular flexibility index (Phi) is 3.64. The van der Waals surface area contributed by atoms with Gasteiger partial charge in [-0.3, -0.25) is 0 Å². The molecule has 1 aliphatic rings. The van der Waals surface area contributed by atoms with E-state index in [1.165, 1.54) is 11.1 Å². The van der Waals surface area contributed by atoms with Crippen LogP contribution in [0, 0.1) is 0 Å². The first-order valence-corrected chi connectivity index (χ1v) is 8.98. The van der Waals surface area contributed by atoms with Gasteiger partial charge < -0.3 is 0 Å². The third-order valence-corrected chi connectivity index (χ3v) is 7.34. The van der Waals surface area contributed by atoms with Crippen LogP contribution in [0.5, 0.6) is 0 Å². The summed E-state index contributed by atoms with van der Waals surface area (Å²) in [6.45, 7) is 0. The van der Waals surface area contributed by atoms with Gasteiger partial charge in [0.15, 0.2) is 0 Å². The number of hydrogen-bond donors (Lipinski definition) is 0. The number of thioether (sulfide) groups is 2. The van der Waals surface area contributed by atoms with Gasteiger partial charge >= 0.3 is 0 Å². The Hall–Kier alpha value is -0.860. The summed E-state index contributed by atoms with van der Waals surface area (Å²) in [5.74, 6) is 1.25. The molecule has 0 amide bonds. The van der Waals surface area contributed by atoms with Crippen molar-refractivity contribution >= 4 is 23.5 Å². The Morgan fingerprint density at radius 3 is 1.37 bits per heavy atom. The molecule has 3 rings (SSSR count). The van der Waals surface area contributed by atoms with Crippen molar-refractivity contribution in [3.05, 3.63) is 71.8 Å². The van der Waals surface area contributed by atoms with Gasteiger partial charge in [-0.1, -0.05) is 60.7 Å². The van der Waals surface area contributed by atoms with E-state index in [1.54, 1.807) is 0 Å². The van der Waals surface area contributed by atoms with Crippen molar-refractivity contribution < 1.29 is 0 Å². The van der Waals surface area contributed by atoms with E-state index in [0.717, 1.165) is 0 Å². The van der Waals surface area contributed by atoms with E-state index in [2.05, 4.69) is 73.2 Å². The van der Waals surface area contributed by atoms with Crippen LogP contribution in [0.3, 0.4) is 0 Å². The molecule has 0 saturated heterocycles. The molecular weight excluding hydrogens is 268 g/mol. The van der Waals surface area contributed by atoms with Gasteiger partial charge in [0, 0.05) is 11.8 Å². The van der Waals surface area contributed by atoms with Crippen molar-refractivity contribution in [3.8, 4) is 0 Å². The van der Waals surface area contributed by atoms with Gasteiger partial charge in [-0.2, -0.15) is 0 Å². The third kappa shape index (κ3) is 2.11. The highest BCUT2D eigenvalue weighted by molar-refractivity contribution is 8.18. The maximum Gasteiger partial charge on any atom is 0.0755 e. The van der Waals surface area contributed by atoms with E-state index in [1.807, 2.05) is 23.5 Å². The quantitative estimate of drug-likeness (QED) is 0.726. The summed E-state index contributed by atoms with van der Waals surface area (Å²) in [7, 11) is 0. The van der Waals surface area contributed by atoms with E-state index < -0.39 is 0 Å². The molecule has 0 nitrogen and oxygen atoms in total. The summed E-state index contributed by atoms with van der Waals surface area (Å²) < 4.78 is 0.308. The number of hydrogen-bond acceptors (Lipinski definition) is 2. The fourth-order valence-electron chi connectivity index (χ4n) is 3.10. The van der Waals surface area contributed by atoms with Gasteiger partial charge in [0.2, 0.25) is 0 Å². The Bertz CT molecular complexity index is 484. The summed E-state index contributed by atoms with van der Waals surface area (Å²) in [6.07, 6.45) is 4.49. The van der Waals surface area contributed by atoms with Crippen LogP contribution in [0.1, 0.15) is 23.0 Å². The van der Waals surface area contributed by atoms with E-state index >= 15 is 0 Å². The molecule has 0 bridgehead atoms. The normalized spacial score (nSPS) is 24.1. The minimum atomic E-state index is 0.308. The Labute approximate surface area is 124 Å². The second kappa shape index (κ2) is 5.26. The molecule has 2 heteroatoms.